The van der Waals surface area contributed by atoms with Crippen LogP contribution in [0.4, 0.5) is 5.69 Å². The van der Waals surface area contributed by atoms with E-state index in [0.717, 1.165) is 23.9 Å². The van der Waals surface area contributed by atoms with E-state index in [2.05, 4.69) is 27.0 Å². The number of carbonyl (C=O) groups is 1. The molecule has 1 fully saturated rings. The second-order valence-electron chi connectivity index (χ2n) is 5.73. The van der Waals surface area contributed by atoms with Gasteiger partial charge in [0.2, 0.25) is 5.91 Å². The van der Waals surface area contributed by atoms with Crippen molar-refractivity contribution in [3.8, 4) is 0 Å². The number of amides is 1. The van der Waals surface area contributed by atoms with Crippen molar-refractivity contribution in [3.63, 3.8) is 0 Å². The molecule has 1 heterocycles. The quantitative estimate of drug-likeness (QED) is 0.708. The largest absolute Gasteiger partial charge is 0.324 e. The van der Waals surface area contributed by atoms with Crippen molar-refractivity contribution >= 4 is 46.6 Å². The maximum absolute atomic E-state index is 12.2. The summed E-state index contributed by atoms with van der Waals surface area (Å²) >= 11 is 13.4. The number of benzene rings is 1. The van der Waals surface area contributed by atoms with Crippen molar-refractivity contribution in [1.29, 1.82) is 0 Å². The number of rotatable bonds is 7. The molecule has 1 amide bonds. The first-order valence-corrected chi connectivity index (χ1v) is 9.63. The number of carbonyl (C=O) groups excluding carboxylic acids is 1. The Hall–Kier alpha value is -1.24. The summed E-state index contributed by atoms with van der Waals surface area (Å²) < 4.78 is 2.14. The van der Waals surface area contributed by atoms with E-state index in [1.165, 1.54) is 24.6 Å². The van der Waals surface area contributed by atoms with Crippen LogP contribution < -0.4 is 5.32 Å². The zero-order valence-corrected chi connectivity index (χ0v) is 15.6. The molecule has 8 heteroatoms. The molecule has 0 aliphatic heterocycles. The van der Waals surface area contributed by atoms with Crippen molar-refractivity contribution in [2.24, 2.45) is 0 Å². The van der Waals surface area contributed by atoms with E-state index in [-0.39, 0.29) is 11.7 Å². The third kappa shape index (κ3) is 4.23. The van der Waals surface area contributed by atoms with Crippen LogP contribution in [-0.2, 0) is 11.3 Å². The van der Waals surface area contributed by atoms with E-state index in [4.69, 9.17) is 23.2 Å². The fourth-order valence-electron chi connectivity index (χ4n) is 2.39. The monoisotopic (exact) mass is 384 g/mol. The lowest BCUT2D eigenvalue weighted by Gasteiger charge is -2.09. The number of anilines is 1. The molecule has 1 N–H and O–H groups in total. The molecule has 5 nitrogen and oxygen atoms in total. The minimum atomic E-state index is -0.150. The Kier molecular flexibility index (Phi) is 5.69. The highest BCUT2D eigenvalue weighted by molar-refractivity contribution is 7.99. The lowest BCUT2D eigenvalue weighted by Crippen LogP contribution is -2.15. The molecule has 1 aromatic carbocycles. The van der Waals surface area contributed by atoms with Gasteiger partial charge >= 0.3 is 0 Å². The molecule has 0 spiro atoms. The molecule has 1 aliphatic carbocycles. The van der Waals surface area contributed by atoms with Crippen LogP contribution in [0.3, 0.4) is 0 Å². The van der Waals surface area contributed by atoms with Crippen LogP contribution in [0.25, 0.3) is 0 Å². The number of aromatic nitrogens is 3. The predicted octanol–water partition coefficient (Wildman–Crippen LogP) is 4.60. The van der Waals surface area contributed by atoms with Crippen molar-refractivity contribution in [3.05, 3.63) is 34.1 Å². The van der Waals surface area contributed by atoms with Crippen molar-refractivity contribution in [2.45, 2.75) is 43.8 Å². The van der Waals surface area contributed by atoms with E-state index in [0.29, 0.717) is 21.7 Å². The lowest BCUT2D eigenvalue weighted by atomic mass is 10.3. The molecule has 3 rings (SSSR count). The van der Waals surface area contributed by atoms with E-state index in [1.807, 2.05) is 0 Å². The van der Waals surface area contributed by atoms with Gasteiger partial charge in [0.05, 0.1) is 16.5 Å². The van der Waals surface area contributed by atoms with Crippen LogP contribution in [-0.4, -0.2) is 26.4 Å². The third-order valence-electron chi connectivity index (χ3n) is 3.67. The zero-order valence-electron chi connectivity index (χ0n) is 13.3. The fourth-order valence-corrected chi connectivity index (χ4v) is 3.50. The molecule has 128 valence electrons. The maximum Gasteiger partial charge on any atom is 0.234 e. The molecule has 1 saturated carbocycles. The Labute approximate surface area is 155 Å². The first-order chi connectivity index (χ1) is 11.6. The van der Waals surface area contributed by atoms with Crippen LogP contribution in [0.2, 0.25) is 10.0 Å². The van der Waals surface area contributed by atoms with Gasteiger partial charge in [-0.3, -0.25) is 4.79 Å². The SMILES string of the molecule is CCCn1c(SCC(=O)Nc2cc(Cl)ccc2Cl)nnc1C1CC1. The molecular formula is C16H18Cl2N4OS. The first-order valence-electron chi connectivity index (χ1n) is 7.89. The smallest absolute Gasteiger partial charge is 0.234 e. The van der Waals surface area contributed by atoms with Gasteiger partial charge in [-0.05, 0) is 37.5 Å². The highest BCUT2D eigenvalue weighted by Crippen LogP contribution is 2.40. The molecule has 0 atom stereocenters. The number of thioether (sulfide) groups is 1. The number of hydrogen-bond donors (Lipinski definition) is 1. The zero-order chi connectivity index (χ0) is 17.1. The van der Waals surface area contributed by atoms with Crippen LogP contribution >= 0.6 is 35.0 Å². The van der Waals surface area contributed by atoms with Gasteiger partial charge in [0.1, 0.15) is 5.82 Å². The van der Waals surface area contributed by atoms with Crippen LogP contribution in [0.15, 0.2) is 23.4 Å². The molecule has 1 aromatic heterocycles. The molecule has 0 unspecified atom stereocenters. The normalized spacial score (nSPS) is 14.0. The maximum atomic E-state index is 12.2. The summed E-state index contributed by atoms with van der Waals surface area (Å²) in [4.78, 5) is 12.2. The van der Waals surface area contributed by atoms with E-state index in [9.17, 15) is 4.79 Å². The summed E-state index contributed by atoms with van der Waals surface area (Å²) in [7, 11) is 0. The fraction of sp³-hybridized carbons (Fsp3) is 0.438. The van der Waals surface area contributed by atoms with Crippen LogP contribution in [0, 0.1) is 0 Å². The summed E-state index contributed by atoms with van der Waals surface area (Å²) in [6.07, 6.45) is 3.37. The van der Waals surface area contributed by atoms with Crippen LogP contribution in [0.5, 0.6) is 0 Å². The minimum Gasteiger partial charge on any atom is -0.324 e. The van der Waals surface area contributed by atoms with Gasteiger partial charge in [0, 0.05) is 17.5 Å². The van der Waals surface area contributed by atoms with Crippen molar-refractivity contribution in [1.82, 2.24) is 14.8 Å². The Morgan fingerprint density at radius 3 is 2.88 bits per heavy atom. The van der Waals surface area contributed by atoms with Gasteiger partial charge in [-0.2, -0.15) is 0 Å². The number of hydrogen-bond acceptors (Lipinski definition) is 4. The van der Waals surface area contributed by atoms with Gasteiger partial charge in [0.25, 0.3) is 0 Å². The van der Waals surface area contributed by atoms with Crippen LogP contribution in [0.1, 0.15) is 37.9 Å². The van der Waals surface area contributed by atoms with Gasteiger partial charge in [-0.25, -0.2) is 0 Å². The summed E-state index contributed by atoms with van der Waals surface area (Å²) in [6, 6.07) is 4.98. The second kappa shape index (κ2) is 7.76. The Morgan fingerprint density at radius 2 is 2.17 bits per heavy atom. The van der Waals surface area contributed by atoms with E-state index < -0.39 is 0 Å². The Bertz CT molecular complexity index is 746. The van der Waals surface area contributed by atoms with Crippen molar-refractivity contribution < 1.29 is 4.79 Å². The summed E-state index contributed by atoms with van der Waals surface area (Å²) in [5, 5.41) is 13.1. The molecule has 2 aromatic rings. The van der Waals surface area contributed by atoms with Gasteiger partial charge in [0.15, 0.2) is 5.16 Å². The molecule has 0 radical (unpaired) electrons. The number of nitrogens with one attached hydrogen (secondary N) is 1. The Balaban J connectivity index is 1.63. The first kappa shape index (κ1) is 17.6. The molecule has 24 heavy (non-hydrogen) atoms. The molecule has 0 bridgehead atoms. The van der Waals surface area contributed by atoms with E-state index >= 15 is 0 Å². The number of nitrogens with zero attached hydrogens (tertiary/aromatic N) is 3. The molecule has 1 aliphatic rings. The summed E-state index contributed by atoms with van der Waals surface area (Å²) in [5.41, 5.74) is 0.517. The average Bonchev–Trinajstić information content (AvgIpc) is 3.32. The summed E-state index contributed by atoms with van der Waals surface area (Å²) in [5.74, 6) is 1.69. The summed E-state index contributed by atoms with van der Waals surface area (Å²) in [6.45, 7) is 3.00. The highest BCUT2D eigenvalue weighted by Gasteiger charge is 2.30. The average molecular weight is 385 g/mol. The lowest BCUT2D eigenvalue weighted by molar-refractivity contribution is -0.113. The van der Waals surface area contributed by atoms with E-state index in [1.54, 1.807) is 18.2 Å². The highest BCUT2D eigenvalue weighted by atomic mass is 35.5. The minimum absolute atomic E-state index is 0.150. The second-order valence-corrected chi connectivity index (χ2v) is 7.51. The number of halogens is 2. The van der Waals surface area contributed by atoms with Gasteiger partial charge in [-0.1, -0.05) is 41.9 Å². The Morgan fingerprint density at radius 1 is 1.38 bits per heavy atom. The van der Waals surface area contributed by atoms with Gasteiger partial charge in [-0.15, -0.1) is 10.2 Å². The van der Waals surface area contributed by atoms with Gasteiger partial charge < -0.3 is 9.88 Å². The third-order valence-corrected chi connectivity index (χ3v) is 5.20. The molecular weight excluding hydrogens is 367 g/mol. The standard InChI is InChI=1S/C16H18Cl2N4OS/c1-2-7-22-15(10-3-4-10)20-21-16(22)24-9-14(23)19-13-8-11(17)5-6-12(13)18/h5-6,8,10H,2-4,7,9H2,1H3,(H,19,23). The topological polar surface area (TPSA) is 59.8 Å². The van der Waals surface area contributed by atoms with Crippen molar-refractivity contribution in [2.75, 3.05) is 11.1 Å². The molecule has 0 saturated heterocycles. The predicted molar refractivity (Wildman–Crippen MR) is 98.1 cm³/mol.